The minimum atomic E-state index is 0.154. The van der Waals surface area contributed by atoms with Crippen LogP contribution in [0.5, 0.6) is 5.75 Å². The summed E-state index contributed by atoms with van der Waals surface area (Å²) in [5.74, 6) is 1.54. The number of nitrogens with one attached hydrogen (secondary N) is 1. The molecule has 0 radical (unpaired) electrons. The second-order valence-corrected chi connectivity index (χ2v) is 4.84. The zero-order valence-corrected chi connectivity index (χ0v) is 10.7. The smallest absolute Gasteiger partial charge is 0.121 e. The van der Waals surface area contributed by atoms with Crippen molar-refractivity contribution in [2.75, 3.05) is 20.2 Å². The summed E-state index contributed by atoms with van der Waals surface area (Å²) < 4.78 is 5.27. The lowest BCUT2D eigenvalue weighted by molar-refractivity contribution is 0.322. The highest BCUT2D eigenvalue weighted by Gasteiger charge is 2.21. The molecule has 0 amide bonds. The number of rotatable bonds is 3. The van der Waals surface area contributed by atoms with E-state index in [-0.39, 0.29) is 6.04 Å². The maximum atomic E-state index is 6.36. The molecule has 1 aromatic carbocycles. The summed E-state index contributed by atoms with van der Waals surface area (Å²) in [5, 5.41) is 3.38. The van der Waals surface area contributed by atoms with E-state index in [1.165, 1.54) is 18.4 Å². The molecule has 17 heavy (non-hydrogen) atoms. The van der Waals surface area contributed by atoms with Gasteiger partial charge in [0.1, 0.15) is 5.75 Å². The Morgan fingerprint density at radius 1 is 1.35 bits per heavy atom. The van der Waals surface area contributed by atoms with E-state index in [1.807, 2.05) is 6.07 Å². The van der Waals surface area contributed by atoms with E-state index in [1.54, 1.807) is 7.11 Å². The van der Waals surface area contributed by atoms with Gasteiger partial charge in [0.15, 0.2) is 0 Å². The summed E-state index contributed by atoms with van der Waals surface area (Å²) >= 11 is 0. The fourth-order valence-electron chi connectivity index (χ4n) is 2.58. The third-order valence-corrected chi connectivity index (χ3v) is 3.70. The van der Waals surface area contributed by atoms with Crippen LogP contribution < -0.4 is 15.8 Å². The Morgan fingerprint density at radius 2 is 2.06 bits per heavy atom. The lowest BCUT2D eigenvalue weighted by Gasteiger charge is -2.28. The molecule has 1 aromatic rings. The van der Waals surface area contributed by atoms with Crippen LogP contribution in [0.2, 0.25) is 0 Å². The SMILES string of the molecule is COc1ccc([C@H](N)C2CCNCC2)cc1C. The molecule has 1 saturated heterocycles. The molecule has 1 aliphatic rings. The zero-order chi connectivity index (χ0) is 12.3. The average Bonchev–Trinajstić information content (AvgIpc) is 2.39. The van der Waals surface area contributed by atoms with Gasteiger partial charge in [-0.15, -0.1) is 0 Å². The Morgan fingerprint density at radius 3 is 2.65 bits per heavy atom. The first-order valence-electron chi connectivity index (χ1n) is 6.33. The van der Waals surface area contributed by atoms with Crippen LogP contribution in [0.15, 0.2) is 18.2 Å². The van der Waals surface area contributed by atoms with Crippen LogP contribution in [-0.4, -0.2) is 20.2 Å². The van der Waals surface area contributed by atoms with Gasteiger partial charge < -0.3 is 15.8 Å². The average molecular weight is 234 g/mol. The highest BCUT2D eigenvalue weighted by molar-refractivity contribution is 5.37. The molecule has 94 valence electrons. The molecular weight excluding hydrogens is 212 g/mol. The maximum Gasteiger partial charge on any atom is 0.121 e. The van der Waals surface area contributed by atoms with Crippen molar-refractivity contribution in [3.63, 3.8) is 0 Å². The van der Waals surface area contributed by atoms with Crippen molar-refractivity contribution in [1.82, 2.24) is 5.32 Å². The summed E-state index contributed by atoms with van der Waals surface area (Å²) in [6.45, 7) is 4.25. The number of methoxy groups -OCH3 is 1. The van der Waals surface area contributed by atoms with Gasteiger partial charge in [-0.3, -0.25) is 0 Å². The molecule has 0 spiro atoms. The Labute approximate surface area is 103 Å². The topological polar surface area (TPSA) is 47.3 Å². The molecule has 1 fully saturated rings. The normalized spacial score (nSPS) is 19.0. The summed E-state index contributed by atoms with van der Waals surface area (Å²) in [5.41, 5.74) is 8.75. The molecular formula is C14H22N2O. The highest BCUT2D eigenvalue weighted by atomic mass is 16.5. The first-order valence-corrected chi connectivity index (χ1v) is 6.33. The number of nitrogens with two attached hydrogens (primary N) is 1. The minimum Gasteiger partial charge on any atom is -0.496 e. The molecule has 0 saturated carbocycles. The van der Waals surface area contributed by atoms with E-state index in [0.717, 1.165) is 24.4 Å². The zero-order valence-electron chi connectivity index (χ0n) is 10.7. The van der Waals surface area contributed by atoms with Crippen molar-refractivity contribution in [2.24, 2.45) is 11.7 Å². The van der Waals surface area contributed by atoms with E-state index >= 15 is 0 Å². The van der Waals surface area contributed by atoms with Crippen LogP contribution in [0.3, 0.4) is 0 Å². The van der Waals surface area contributed by atoms with Crippen LogP contribution in [0.25, 0.3) is 0 Å². The van der Waals surface area contributed by atoms with Gasteiger partial charge >= 0.3 is 0 Å². The third kappa shape index (κ3) is 2.79. The van der Waals surface area contributed by atoms with Gasteiger partial charge in [0.2, 0.25) is 0 Å². The molecule has 1 heterocycles. The van der Waals surface area contributed by atoms with Gasteiger partial charge in [0.25, 0.3) is 0 Å². The fraction of sp³-hybridized carbons (Fsp3) is 0.571. The largest absolute Gasteiger partial charge is 0.496 e. The highest BCUT2D eigenvalue weighted by Crippen LogP contribution is 2.29. The number of ether oxygens (including phenoxy) is 1. The standard InChI is InChI=1S/C14H22N2O/c1-10-9-12(3-4-13(10)17-2)14(15)11-5-7-16-8-6-11/h3-4,9,11,14,16H,5-8,15H2,1-2H3/t14-/m1/s1. The molecule has 3 N–H and O–H groups in total. The van der Waals surface area contributed by atoms with Crippen LogP contribution in [0, 0.1) is 12.8 Å². The summed E-state index contributed by atoms with van der Waals surface area (Å²) in [4.78, 5) is 0. The monoisotopic (exact) mass is 234 g/mol. The van der Waals surface area contributed by atoms with Crippen molar-refractivity contribution < 1.29 is 4.74 Å². The summed E-state index contributed by atoms with van der Waals surface area (Å²) in [7, 11) is 1.70. The Balaban J connectivity index is 2.12. The van der Waals surface area contributed by atoms with Crippen molar-refractivity contribution in [2.45, 2.75) is 25.8 Å². The number of benzene rings is 1. The van der Waals surface area contributed by atoms with E-state index in [0.29, 0.717) is 5.92 Å². The Kier molecular flexibility index (Phi) is 4.02. The van der Waals surface area contributed by atoms with E-state index in [4.69, 9.17) is 10.5 Å². The predicted octanol–water partition coefficient (Wildman–Crippen LogP) is 2.00. The minimum absolute atomic E-state index is 0.154. The summed E-state index contributed by atoms with van der Waals surface area (Å²) in [6.07, 6.45) is 2.35. The van der Waals surface area contributed by atoms with Gasteiger partial charge in [-0.1, -0.05) is 12.1 Å². The quantitative estimate of drug-likeness (QED) is 0.841. The fourth-order valence-corrected chi connectivity index (χ4v) is 2.58. The molecule has 2 rings (SSSR count). The molecule has 3 heteroatoms. The molecule has 1 aliphatic heterocycles. The van der Waals surface area contributed by atoms with Crippen molar-refractivity contribution in [3.8, 4) is 5.75 Å². The van der Waals surface area contributed by atoms with Crippen LogP contribution in [0.1, 0.15) is 30.0 Å². The number of hydrogen-bond donors (Lipinski definition) is 2. The molecule has 0 aromatic heterocycles. The van der Waals surface area contributed by atoms with Crippen molar-refractivity contribution in [1.29, 1.82) is 0 Å². The van der Waals surface area contributed by atoms with Gasteiger partial charge in [-0.25, -0.2) is 0 Å². The van der Waals surface area contributed by atoms with Crippen molar-refractivity contribution in [3.05, 3.63) is 29.3 Å². The molecule has 0 unspecified atom stereocenters. The predicted molar refractivity (Wildman–Crippen MR) is 70.3 cm³/mol. The second-order valence-electron chi connectivity index (χ2n) is 4.84. The van der Waals surface area contributed by atoms with Crippen LogP contribution >= 0.6 is 0 Å². The number of hydrogen-bond acceptors (Lipinski definition) is 3. The molecule has 0 bridgehead atoms. The number of aryl methyl sites for hydroxylation is 1. The second kappa shape index (κ2) is 5.52. The first kappa shape index (κ1) is 12.4. The molecule has 1 atom stereocenters. The van der Waals surface area contributed by atoms with Crippen molar-refractivity contribution >= 4 is 0 Å². The van der Waals surface area contributed by atoms with Gasteiger partial charge in [0.05, 0.1) is 7.11 Å². The van der Waals surface area contributed by atoms with E-state index in [2.05, 4.69) is 24.4 Å². The van der Waals surface area contributed by atoms with Gasteiger partial charge in [-0.2, -0.15) is 0 Å². The van der Waals surface area contributed by atoms with E-state index < -0.39 is 0 Å². The first-order chi connectivity index (χ1) is 8.22. The third-order valence-electron chi connectivity index (χ3n) is 3.70. The number of piperidine rings is 1. The Bertz CT molecular complexity index is 372. The Hall–Kier alpha value is -1.06. The van der Waals surface area contributed by atoms with Crippen LogP contribution in [-0.2, 0) is 0 Å². The van der Waals surface area contributed by atoms with Crippen LogP contribution in [0.4, 0.5) is 0 Å². The molecule has 0 aliphatic carbocycles. The maximum absolute atomic E-state index is 6.36. The molecule has 3 nitrogen and oxygen atoms in total. The van der Waals surface area contributed by atoms with Gasteiger partial charge in [0, 0.05) is 6.04 Å². The lowest BCUT2D eigenvalue weighted by atomic mass is 9.86. The van der Waals surface area contributed by atoms with Gasteiger partial charge in [-0.05, 0) is 56.0 Å². The van der Waals surface area contributed by atoms with E-state index in [9.17, 15) is 0 Å². The summed E-state index contributed by atoms with van der Waals surface area (Å²) in [6, 6.07) is 6.43. The lowest BCUT2D eigenvalue weighted by Crippen LogP contribution is -2.33.